The van der Waals surface area contributed by atoms with Crippen LogP contribution in [0, 0.1) is 5.41 Å². The van der Waals surface area contributed by atoms with Crippen LogP contribution >= 0.6 is 27.5 Å². The number of alkyl halides is 1. The maximum Gasteiger partial charge on any atom is 0.0115 e. The van der Waals surface area contributed by atoms with Gasteiger partial charge in [-0.2, -0.15) is 0 Å². The summed E-state index contributed by atoms with van der Waals surface area (Å²) < 4.78 is 0. The molecular formula is C8H14BrCl. The minimum absolute atomic E-state index is 0.291. The van der Waals surface area contributed by atoms with Crippen LogP contribution in [0.5, 0.6) is 0 Å². The molecule has 1 unspecified atom stereocenters. The second-order valence-electron chi connectivity index (χ2n) is 2.99. The van der Waals surface area contributed by atoms with E-state index >= 15 is 0 Å². The molecule has 0 saturated carbocycles. The van der Waals surface area contributed by atoms with Crippen molar-refractivity contribution in [2.45, 2.75) is 26.7 Å². The van der Waals surface area contributed by atoms with Gasteiger partial charge in [0, 0.05) is 10.4 Å². The van der Waals surface area contributed by atoms with Gasteiger partial charge in [0.25, 0.3) is 0 Å². The van der Waals surface area contributed by atoms with Gasteiger partial charge in [0.15, 0.2) is 0 Å². The number of rotatable bonds is 4. The van der Waals surface area contributed by atoms with E-state index in [4.69, 9.17) is 11.6 Å². The number of hydrogen-bond acceptors (Lipinski definition) is 0. The van der Waals surface area contributed by atoms with Gasteiger partial charge in [-0.05, 0) is 18.3 Å². The Morgan fingerprint density at radius 2 is 2.20 bits per heavy atom. The minimum atomic E-state index is 0.291. The molecule has 0 N–H and O–H groups in total. The zero-order valence-corrected chi connectivity index (χ0v) is 8.93. The van der Waals surface area contributed by atoms with Crippen molar-refractivity contribution in [1.82, 2.24) is 0 Å². The summed E-state index contributed by atoms with van der Waals surface area (Å²) in [6.07, 6.45) is 2.03. The summed E-state index contributed by atoms with van der Waals surface area (Å²) in [6.45, 7) is 8.05. The minimum Gasteiger partial charge on any atom is -0.0922 e. The van der Waals surface area contributed by atoms with Crippen LogP contribution in [0.2, 0.25) is 0 Å². The van der Waals surface area contributed by atoms with E-state index in [0.717, 1.165) is 23.2 Å². The molecule has 0 aromatic carbocycles. The Labute approximate surface area is 76.8 Å². The van der Waals surface area contributed by atoms with Crippen molar-refractivity contribution >= 4 is 27.5 Å². The van der Waals surface area contributed by atoms with Crippen molar-refractivity contribution in [3.05, 3.63) is 11.6 Å². The van der Waals surface area contributed by atoms with Crippen LogP contribution in [-0.4, -0.2) is 5.33 Å². The van der Waals surface area contributed by atoms with Crippen molar-refractivity contribution in [1.29, 1.82) is 0 Å². The highest BCUT2D eigenvalue weighted by molar-refractivity contribution is 9.09. The monoisotopic (exact) mass is 224 g/mol. The van der Waals surface area contributed by atoms with Crippen molar-refractivity contribution in [2.24, 2.45) is 5.41 Å². The van der Waals surface area contributed by atoms with Crippen molar-refractivity contribution < 1.29 is 0 Å². The molecule has 0 aromatic heterocycles. The Morgan fingerprint density at radius 3 is 2.30 bits per heavy atom. The third kappa shape index (κ3) is 3.62. The molecule has 0 rings (SSSR count). The van der Waals surface area contributed by atoms with Gasteiger partial charge >= 0.3 is 0 Å². The van der Waals surface area contributed by atoms with E-state index in [-0.39, 0.29) is 0 Å². The van der Waals surface area contributed by atoms with E-state index < -0.39 is 0 Å². The first-order valence-electron chi connectivity index (χ1n) is 3.43. The van der Waals surface area contributed by atoms with Crippen molar-refractivity contribution in [3.63, 3.8) is 0 Å². The average molecular weight is 226 g/mol. The van der Waals surface area contributed by atoms with E-state index in [2.05, 4.69) is 36.4 Å². The summed E-state index contributed by atoms with van der Waals surface area (Å²) >= 11 is 9.17. The first-order chi connectivity index (χ1) is 4.54. The van der Waals surface area contributed by atoms with E-state index in [1.807, 2.05) is 0 Å². The highest BCUT2D eigenvalue weighted by Gasteiger charge is 2.20. The Kier molecular flexibility index (Phi) is 4.63. The number of halogens is 2. The SMILES string of the molecule is C=C(Cl)CC(C)(CC)CBr. The fourth-order valence-corrected chi connectivity index (χ4v) is 1.65. The van der Waals surface area contributed by atoms with Crippen LogP contribution in [0.15, 0.2) is 11.6 Å². The Hall–Kier alpha value is 0.510. The predicted octanol–water partition coefficient (Wildman–Crippen LogP) is 3.94. The molecule has 0 fully saturated rings. The van der Waals surface area contributed by atoms with Crippen LogP contribution in [0.25, 0.3) is 0 Å². The largest absolute Gasteiger partial charge is 0.0922 e. The first kappa shape index (κ1) is 10.5. The van der Waals surface area contributed by atoms with E-state index in [9.17, 15) is 0 Å². The molecule has 0 nitrogen and oxygen atoms in total. The fourth-order valence-electron chi connectivity index (χ4n) is 0.730. The highest BCUT2D eigenvalue weighted by Crippen LogP contribution is 2.31. The third-order valence-electron chi connectivity index (χ3n) is 1.79. The van der Waals surface area contributed by atoms with Crippen LogP contribution < -0.4 is 0 Å². The Bertz CT molecular complexity index is 116. The summed E-state index contributed by atoms with van der Waals surface area (Å²) in [5.74, 6) is 0. The van der Waals surface area contributed by atoms with Crippen LogP contribution in [0.4, 0.5) is 0 Å². The smallest absolute Gasteiger partial charge is 0.0115 e. The summed E-state index contributed by atoms with van der Waals surface area (Å²) in [5, 5.41) is 1.74. The molecule has 1 atom stereocenters. The van der Waals surface area contributed by atoms with E-state index in [1.54, 1.807) is 0 Å². The molecule has 0 saturated heterocycles. The predicted molar refractivity (Wildman–Crippen MR) is 51.8 cm³/mol. The van der Waals surface area contributed by atoms with Gasteiger partial charge in [-0.25, -0.2) is 0 Å². The highest BCUT2D eigenvalue weighted by atomic mass is 79.9. The van der Waals surface area contributed by atoms with E-state index in [1.165, 1.54) is 0 Å². The van der Waals surface area contributed by atoms with Gasteiger partial charge < -0.3 is 0 Å². The van der Waals surface area contributed by atoms with Gasteiger partial charge in [-0.15, -0.1) is 0 Å². The lowest BCUT2D eigenvalue weighted by Crippen LogP contribution is -2.16. The molecule has 60 valence electrons. The molecule has 0 aliphatic rings. The van der Waals surface area contributed by atoms with Crippen molar-refractivity contribution in [3.8, 4) is 0 Å². The molecule has 10 heavy (non-hydrogen) atoms. The molecule has 0 radical (unpaired) electrons. The number of allylic oxidation sites excluding steroid dienone is 1. The van der Waals surface area contributed by atoms with Crippen molar-refractivity contribution in [2.75, 3.05) is 5.33 Å². The summed E-state index contributed by atoms with van der Waals surface area (Å²) in [4.78, 5) is 0. The van der Waals surface area contributed by atoms with Gasteiger partial charge in [0.05, 0.1) is 0 Å². The summed E-state index contributed by atoms with van der Waals surface area (Å²) in [6, 6.07) is 0. The maximum atomic E-state index is 5.70. The number of hydrogen-bond donors (Lipinski definition) is 0. The van der Waals surface area contributed by atoms with Crippen LogP contribution in [-0.2, 0) is 0 Å². The Morgan fingerprint density at radius 1 is 1.70 bits per heavy atom. The Balaban J connectivity index is 3.92. The second-order valence-corrected chi connectivity index (χ2v) is 4.09. The molecule has 0 aromatic rings. The fraction of sp³-hybridized carbons (Fsp3) is 0.750. The maximum absolute atomic E-state index is 5.70. The molecule has 2 heteroatoms. The third-order valence-corrected chi connectivity index (χ3v) is 3.28. The van der Waals surface area contributed by atoms with Gasteiger partial charge in [0.1, 0.15) is 0 Å². The molecule has 0 heterocycles. The summed E-state index contributed by atoms with van der Waals surface area (Å²) in [7, 11) is 0. The lowest BCUT2D eigenvalue weighted by molar-refractivity contribution is 0.366. The van der Waals surface area contributed by atoms with E-state index in [0.29, 0.717) is 5.41 Å². The van der Waals surface area contributed by atoms with Gasteiger partial charge in [0.2, 0.25) is 0 Å². The van der Waals surface area contributed by atoms with Crippen LogP contribution in [0.3, 0.4) is 0 Å². The molecular weight excluding hydrogens is 211 g/mol. The standard InChI is InChI=1S/C8H14BrCl/c1-4-8(3,6-9)5-7(2)10/h2,4-6H2,1,3H3. The molecule has 0 spiro atoms. The zero-order chi connectivity index (χ0) is 8.20. The lowest BCUT2D eigenvalue weighted by Gasteiger charge is -2.24. The quantitative estimate of drug-likeness (QED) is 0.636. The normalized spacial score (nSPS) is 16.4. The van der Waals surface area contributed by atoms with Gasteiger partial charge in [-0.1, -0.05) is 48.0 Å². The van der Waals surface area contributed by atoms with Gasteiger partial charge in [-0.3, -0.25) is 0 Å². The second kappa shape index (κ2) is 4.40. The molecule has 0 aliphatic carbocycles. The molecule has 0 aliphatic heterocycles. The average Bonchev–Trinajstić information content (AvgIpc) is 1.87. The van der Waals surface area contributed by atoms with Crippen LogP contribution in [0.1, 0.15) is 26.7 Å². The summed E-state index contributed by atoms with van der Waals surface area (Å²) in [5.41, 5.74) is 0.291. The molecule has 0 amide bonds. The first-order valence-corrected chi connectivity index (χ1v) is 4.93. The zero-order valence-electron chi connectivity index (χ0n) is 6.58. The lowest BCUT2D eigenvalue weighted by atomic mass is 9.86. The molecule has 0 bridgehead atoms. The topological polar surface area (TPSA) is 0 Å².